The Hall–Kier alpha value is -1.94. The molecule has 0 aromatic heterocycles. The largest absolute Gasteiger partial charge is 0.506 e. The van der Waals surface area contributed by atoms with Gasteiger partial charge in [-0.2, -0.15) is 0 Å². The van der Waals surface area contributed by atoms with Crippen molar-refractivity contribution in [2.24, 2.45) is 0 Å². The van der Waals surface area contributed by atoms with Crippen LogP contribution in [0.25, 0.3) is 0 Å². The number of aromatic hydroxyl groups is 1. The summed E-state index contributed by atoms with van der Waals surface area (Å²) in [5.41, 5.74) is -0.706. The number of phenolic OH excluding ortho intramolecular Hbond substituents is 1. The van der Waals surface area contributed by atoms with Crippen molar-refractivity contribution in [2.45, 2.75) is 18.9 Å². The van der Waals surface area contributed by atoms with Gasteiger partial charge >= 0.3 is 0 Å². The predicted molar refractivity (Wildman–Crippen MR) is 85.8 cm³/mol. The second-order valence-electron chi connectivity index (χ2n) is 5.44. The van der Waals surface area contributed by atoms with Crippen molar-refractivity contribution in [3.63, 3.8) is 0 Å². The van der Waals surface area contributed by atoms with Crippen LogP contribution in [0, 0.1) is 10.1 Å². The van der Waals surface area contributed by atoms with Crippen LogP contribution >= 0.6 is 12.2 Å². The van der Waals surface area contributed by atoms with Crippen LogP contribution < -0.4 is 10.6 Å². The van der Waals surface area contributed by atoms with E-state index in [2.05, 4.69) is 10.6 Å². The van der Waals surface area contributed by atoms with Gasteiger partial charge in [0.05, 0.1) is 33.7 Å². The molecule has 0 radical (unpaired) electrons. The van der Waals surface area contributed by atoms with E-state index in [4.69, 9.17) is 12.2 Å². The van der Waals surface area contributed by atoms with Crippen molar-refractivity contribution >= 4 is 38.5 Å². The molecule has 1 saturated heterocycles. The number of hydrogen-bond acceptors (Lipinski definition) is 6. The summed E-state index contributed by atoms with van der Waals surface area (Å²) in [5.74, 6) is -0.238. The zero-order chi connectivity index (χ0) is 16.5. The molecule has 3 N–H and O–H groups in total. The van der Waals surface area contributed by atoms with Gasteiger partial charge in [0, 0.05) is 6.07 Å². The number of nitrogens with zero attached hydrogens (tertiary/aromatic N) is 1. The minimum Gasteiger partial charge on any atom is -0.506 e. The average Bonchev–Trinajstić information content (AvgIpc) is 2.65. The van der Waals surface area contributed by atoms with E-state index in [0.29, 0.717) is 6.42 Å². The Morgan fingerprint density at radius 2 is 2.18 bits per heavy atom. The van der Waals surface area contributed by atoms with Gasteiger partial charge in [0.15, 0.2) is 14.9 Å². The minimum atomic E-state index is -3.07. The quantitative estimate of drug-likeness (QED) is 0.323. The molecule has 0 spiro atoms. The molecule has 22 heavy (non-hydrogen) atoms. The number of nitro groups is 1. The number of sulfone groups is 1. The molecule has 1 aromatic carbocycles. The highest BCUT2D eigenvalue weighted by atomic mass is 32.2. The number of non-ortho nitro benzene ring substituents is 1. The van der Waals surface area contributed by atoms with Crippen LogP contribution in [0.4, 0.5) is 11.4 Å². The van der Waals surface area contributed by atoms with Crippen molar-refractivity contribution in [3.05, 3.63) is 28.3 Å². The van der Waals surface area contributed by atoms with Crippen LogP contribution in [0.3, 0.4) is 0 Å². The Morgan fingerprint density at radius 1 is 1.50 bits per heavy atom. The van der Waals surface area contributed by atoms with Crippen LogP contribution in [-0.4, -0.2) is 40.6 Å². The summed E-state index contributed by atoms with van der Waals surface area (Å²) in [4.78, 5) is 9.98. The topological polar surface area (TPSA) is 122 Å². The molecule has 1 fully saturated rings. The Kier molecular flexibility index (Phi) is 4.25. The van der Waals surface area contributed by atoms with Crippen molar-refractivity contribution in [2.75, 3.05) is 16.8 Å². The minimum absolute atomic E-state index is 0.0198. The van der Waals surface area contributed by atoms with Crippen molar-refractivity contribution in [1.82, 2.24) is 5.32 Å². The molecule has 1 aliphatic rings. The Labute approximate surface area is 132 Å². The molecule has 2 rings (SSSR count). The number of hydrogen-bond donors (Lipinski definition) is 3. The first-order chi connectivity index (χ1) is 10.1. The number of phenols is 1. The zero-order valence-electron chi connectivity index (χ0n) is 11.7. The summed E-state index contributed by atoms with van der Waals surface area (Å²) in [5, 5.41) is 26.1. The Balaban J connectivity index is 2.05. The highest BCUT2D eigenvalue weighted by Crippen LogP contribution is 2.28. The van der Waals surface area contributed by atoms with E-state index < -0.39 is 20.3 Å². The number of benzene rings is 1. The van der Waals surface area contributed by atoms with Gasteiger partial charge in [0.2, 0.25) is 0 Å². The van der Waals surface area contributed by atoms with Crippen molar-refractivity contribution in [1.29, 1.82) is 0 Å². The van der Waals surface area contributed by atoms with Gasteiger partial charge in [-0.25, -0.2) is 8.42 Å². The van der Waals surface area contributed by atoms with Crippen LogP contribution in [0.1, 0.15) is 13.3 Å². The van der Waals surface area contributed by atoms with E-state index >= 15 is 0 Å². The highest BCUT2D eigenvalue weighted by molar-refractivity contribution is 7.91. The van der Waals surface area contributed by atoms with Crippen LogP contribution in [0.5, 0.6) is 5.75 Å². The summed E-state index contributed by atoms with van der Waals surface area (Å²) in [7, 11) is -3.07. The number of nitro benzene ring substituents is 1. The highest BCUT2D eigenvalue weighted by Gasteiger charge is 2.38. The van der Waals surface area contributed by atoms with E-state index in [1.54, 1.807) is 6.92 Å². The molecular formula is C12H15N3O5S2. The summed E-state index contributed by atoms with van der Waals surface area (Å²) in [6, 6.07) is 3.56. The maximum absolute atomic E-state index is 11.5. The van der Waals surface area contributed by atoms with Gasteiger partial charge in [-0.3, -0.25) is 10.1 Å². The van der Waals surface area contributed by atoms with Gasteiger partial charge in [-0.1, -0.05) is 0 Å². The first kappa shape index (κ1) is 16.4. The molecule has 8 nitrogen and oxygen atoms in total. The number of nitrogens with one attached hydrogen (secondary N) is 2. The summed E-state index contributed by atoms with van der Waals surface area (Å²) in [6.45, 7) is 1.75. The molecule has 1 heterocycles. The lowest BCUT2D eigenvalue weighted by Crippen LogP contribution is -2.48. The fourth-order valence-electron chi connectivity index (χ4n) is 2.28. The van der Waals surface area contributed by atoms with Gasteiger partial charge in [-0.05, 0) is 31.6 Å². The lowest BCUT2D eigenvalue weighted by Gasteiger charge is -2.26. The molecule has 1 aliphatic heterocycles. The van der Waals surface area contributed by atoms with E-state index in [1.807, 2.05) is 0 Å². The standard InChI is InChI=1S/C12H15N3O5S2/c1-12(4-5-22(19,20)7-12)14-11(21)13-9-3-2-8(15(17)18)6-10(9)16/h2-3,6,16H,4-5,7H2,1H3,(H2,13,14,21). The first-order valence-electron chi connectivity index (χ1n) is 6.37. The molecule has 120 valence electrons. The Bertz CT molecular complexity index is 734. The predicted octanol–water partition coefficient (Wildman–Crippen LogP) is 1.16. The van der Waals surface area contributed by atoms with Crippen LogP contribution in [-0.2, 0) is 9.84 Å². The molecular weight excluding hydrogens is 330 g/mol. The van der Waals surface area contributed by atoms with Gasteiger partial charge in [-0.15, -0.1) is 0 Å². The zero-order valence-corrected chi connectivity index (χ0v) is 13.3. The molecule has 1 atom stereocenters. The second-order valence-corrected chi connectivity index (χ2v) is 8.03. The summed E-state index contributed by atoms with van der Waals surface area (Å²) < 4.78 is 23.1. The molecule has 0 amide bonds. The van der Waals surface area contributed by atoms with Gasteiger partial charge in [0.1, 0.15) is 5.75 Å². The third kappa shape index (κ3) is 3.83. The molecule has 10 heteroatoms. The number of anilines is 1. The van der Waals surface area contributed by atoms with E-state index in [1.165, 1.54) is 12.1 Å². The smallest absolute Gasteiger partial charge is 0.273 e. The van der Waals surface area contributed by atoms with Crippen LogP contribution in [0.2, 0.25) is 0 Å². The monoisotopic (exact) mass is 345 g/mol. The second kappa shape index (κ2) is 5.69. The lowest BCUT2D eigenvalue weighted by atomic mass is 10.0. The fraction of sp³-hybridized carbons (Fsp3) is 0.417. The SMILES string of the molecule is CC1(NC(=S)Nc2ccc([N+](=O)[O-])cc2O)CCS(=O)(=O)C1. The third-order valence-electron chi connectivity index (χ3n) is 3.36. The molecule has 0 bridgehead atoms. The summed E-state index contributed by atoms with van der Waals surface area (Å²) >= 11 is 5.10. The average molecular weight is 345 g/mol. The maximum atomic E-state index is 11.5. The number of rotatable bonds is 3. The van der Waals surface area contributed by atoms with E-state index in [-0.39, 0.29) is 33.7 Å². The maximum Gasteiger partial charge on any atom is 0.273 e. The Morgan fingerprint density at radius 3 is 2.68 bits per heavy atom. The van der Waals surface area contributed by atoms with Gasteiger partial charge in [0.25, 0.3) is 5.69 Å². The first-order valence-corrected chi connectivity index (χ1v) is 8.60. The van der Waals surface area contributed by atoms with E-state index in [9.17, 15) is 23.6 Å². The van der Waals surface area contributed by atoms with Crippen molar-refractivity contribution in [3.8, 4) is 5.75 Å². The van der Waals surface area contributed by atoms with Gasteiger partial charge < -0.3 is 15.7 Å². The molecule has 1 aromatic rings. The molecule has 0 saturated carbocycles. The third-order valence-corrected chi connectivity index (χ3v) is 5.47. The van der Waals surface area contributed by atoms with Crippen molar-refractivity contribution < 1.29 is 18.4 Å². The summed E-state index contributed by atoms with van der Waals surface area (Å²) in [6.07, 6.45) is 0.434. The number of thiocarbonyl (C=S) groups is 1. The molecule has 0 aliphatic carbocycles. The lowest BCUT2D eigenvalue weighted by molar-refractivity contribution is -0.384. The van der Waals surface area contributed by atoms with Crippen LogP contribution in [0.15, 0.2) is 18.2 Å². The van der Waals surface area contributed by atoms with E-state index in [0.717, 1.165) is 6.07 Å². The normalized spacial score (nSPS) is 23.0. The fourth-order valence-corrected chi connectivity index (χ4v) is 4.73. The molecule has 1 unspecified atom stereocenters.